The second-order valence-corrected chi connectivity index (χ2v) is 8.50. The molecule has 0 fully saturated rings. The van der Waals surface area contributed by atoms with Crippen molar-refractivity contribution in [2.45, 2.75) is 90.4 Å². The third-order valence-electron chi connectivity index (χ3n) is 6.22. The van der Waals surface area contributed by atoms with E-state index in [1.807, 2.05) is 0 Å². The number of benzene rings is 2. The molecule has 0 aliphatic rings. The maximum atomic E-state index is 2.44. The van der Waals surface area contributed by atoms with Gasteiger partial charge < -0.3 is 0 Å². The predicted molar refractivity (Wildman–Crippen MR) is 120 cm³/mol. The molecule has 0 aliphatic carbocycles. The Morgan fingerprint density at radius 3 is 1.74 bits per heavy atom. The lowest BCUT2D eigenvalue weighted by molar-refractivity contribution is 0.426. The zero-order valence-corrected chi connectivity index (χ0v) is 17.9. The van der Waals surface area contributed by atoms with E-state index in [0.717, 1.165) is 11.8 Å². The molecule has 0 amide bonds. The maximum Gasteiger partial charge on any atom is -0.0165 e. The van der Waals surface area contributed by atoms with E-state index in [1.165, 1.54) is 68.9 Å². The molecule has 0 heterocycles. The van der Waals surface area contributed by atoms with Crippen LogP contribution < -0.4 is 0 Å². The van der Waals surface area contributed by atoms with Gasteiger partial charge in [0.15, 0.2) is 0 Å². The van der Waals surface area contributed by atoms with Crippen LogP contribution in [0.3, 0.4) is 0 Å². The molecule has 2 rings (SSSR count). The summed E-state index contributed by atoms with van der Waals surface area (Å²) in [5.41, 5.74) is 3.02. The van der Waals surface area contributed by atoms with Crippen molar-refractivity contribution >= 4 is 0 Å². The van der Waals surface area contributed by atoms with E-state index in [-0.39, 0.29) is 0 Å². The van der Waals surface area contributed by atoms with Crippen LogP contribution in [-0.4, -0.2) is 0 Å². The zero-order chi connectivity index (χ0) is 19.3. The molecule has 0 radical (unpaired) electrons. The van der Waals surface area contributed by atoms with E-state index >= 15 is 0 Å². The number of rotatable bonds is 13. The molecule has 2 aromatic rings. The van der Waals surface area contributed by atoms with Crippen LogP contribution >= 0.6 is 0 Å². The number of unbranched alkanes of at least 4 members (excludes halogenated alkanes) is 3. The summed E-state index contributed by atoms with van der Waals surface area (Å²) in [7, 11) is 0. The van der Waals surface area contributed by atoms with E-state index in [2.05, 4.69) is 81.4 Å². The minimum atomic E-state index is 0.692. The summed E-state index contributed by atoms with van der Waals surface area (Å²) in [5, 5.41) is 0. The third-order valence-corrected chi connectivity index (χ3v) is 6.22. The van der Waals surface area contributed by atoms with E-state index in [1.54, 1.807) is 0 Å². The lowest BCUT2D eigenvalue weighted by atomic mass is 9.89. The third kappa shape index (κ3) is 8.33. The molecular formula is C27H40. The highest BCUT2D eigenvalue weighted by Gasteiger charge is 2.10. The highest BCUT2D eigenvalue weighted by molar-refractivity contribution is 5.19. The van der Waals surface area contributed by atoms with Gasteiger partial charge in [0.25, 0.3) is 0 Å². The molecule has 0 bridgehead atoms. The molecule has 27 heavy (non-hydrogen) atoms. The highest BCUT2D eigenvalue weighted by atomic mass is 14.2. The van der Waals surface area contributed by atoms with E-state index in [4.69, 9.17) is 0 Å². The quantitative estimate of drug-likeness (QED) is 0.312. The lowest BCUT2D eigenvalue weighted by Crippen LogP contribution is -2.00. The molecule has 0 spiro atoms. The number of hydrogen-bond acceptors (Lipinski definition) is 0. The van der Waals surface area contributed by atoms with E-state index in [9.17, 15) is 0 Å². The van der Waals surface area contributed by atoms with Gasteiger partial charge in [-0.25, -0.2) is 0 Å². The molecule has 0 N–H and O–H groups in total. The van der Waals surface area contributed by atoms with Gasteiger partial charge in [-0.15, -0.1) is 0 Å². The lowest BCUT2D eigenvalue weighted by Gasteiger charge is -2.16. The fraction of sp³-hybridized carbons (Fsp3) is 0.556. The fourth-order valence-corrected chi connectivity index (χ4v) is 4.20. The Morgan fingerprint density at radius 2 is 1.15 bits per heavy atom. The summed E-state index contributed by atoms with van der Waals surface area (Å²) in [5.74, 6) is 2.31. The van der Waals surface area contributed by atoms with Crippen molar-refractivity contribution in [3.8, 4) is 0 Å². The van der Waals surface area contributed by atoms with Crippen LogP contribution in [0.1, 0.15) is 102 Å². The largest absolute Gasteiger partial charge is 0.0648 e. The topological polar surface area (TPSA) is 0 Å². The van der Waals surface area contributed by atoms with Crippen LogP contribution in [0.2, 0.25) is 0 Å². The summed E-state index contributed by atoms with van der Waals surface area (Å²) in [4.78, 5) is 0. The second kappa shape index (κ2) is 12.8. The van der Waals surface area contributed by atoms with Crippen molar-refractivity contribution in [2.75, 3.05) is 0 Å². The molecule has 0 aliphatic heterocycles. The average Bonchev–Trinajstić information content (AvgIpc) is 2.72. The average molecular weight is 365 g/mol. The molecule has 0 heteroatoms. The normalized spacial score (nSPS) is 14.6. The van der Waals surface area contributed by atoms with Crippen molar-refractivity contribution < 1.29 is 0 Å². The second-order valence-electron chi connectivity index (χ2n) is 8.50. The monoisotopic (exact) mass is 364 g/mol. The Morgan fingerprint density at radius 1 is 0.593 bits per heavy atom. The molecule has 0 saturated heterocycles. The van der Waals surface area contributed by atoms with E-state index < -0.39 is 0 Å². The molecule has 0 nitrogen and oxygen atoms in total. The summed E-state index contributed by atoms with van der Waals surface area (Å²) < 4.78 is 0. The van der Waals surface area contributed by atoms with Gasteiger partial charge in [-0.2, -0.15) is 0 Å². The predicted octanol–water partition coefficient (Wildman–Crippen LogP) is 8.74. The van der Waals surface area contributed by atoms with Gasteiger partial charge in [-0.05, 0) is 48.1 Å². The molecule has 148 valence electrons. The van der Waals surface area contributed by atoms with Gasteiger partial charge in [-0.1, -0.05) is 120 Å². The Balaban J connectivity index is 1.53. The first kappa shape index (κ1) is 21.7. The van der Waals surface area contributed by atoms with Gasteiger partial charge in [-0.3, -0.25) is 0 Å². The van der Waals surface area contributed by atoms with Gasteiger partial charge in [0, 0.05) is 0 Å². The first-order chi connectivity index (χ1) is 13.2. The first-order valence-electron chi connectivity index (χ1n) is 11.3. The highest BCUT2D eigenvalue weighted by Crippen LogP contribution is 2.27. The van der Waals surface area contributed by atoms with Crippen LogP contribution in [0.4, 0.5) is 0 Å². The Bertz CT molecular complexity index is 586. The number of hydrogen-bond donors (Lipinski definition) is 0. The van der Waals surface area contributed by atoms with Crippen molar-refractivity contribution in [1.82, 2.24) is 0 Å². The molecule has 3 atom stereocenters. The van der Waals surface area contributed by atoms with Crippen LogP contribution in [0.25, 0.3) is 0 Å². The van der Waals surface area contributed by atoms with Crippen LogP contribution in [0, 0.1) is 5.92 Å². The molecule has 0 saturated carbocycles. The summed E-state index contributed by atoms with van der Waals surface area (Å²) in [6.07, 6.45) is 12.3. The fourth-order valence-electron chi connectivity index (χ4n) is 4.20. The minimum Gasteiger partial charge on any atom is -0.0648 e. The van der Waals surface area contributed by atoms with Crippen molar-refractivity contribution in [2.24, 2.45) is 5.92 Å². The Hall–Kier alpha value is -1.56. The van der Waals surface area contributed by atoms with Gasteiger partial charge >= 0.3 is 0 Å². The summed E-state index contributed by atoms with van der Waals surface area (Å²) in [6, 6.07) is 22.1. The zero-order valence-electron chi connectivity index (χ0n) is 17.9. The maximum absolute atomic E-state index is 2.44. The summed E-state index contributed by atoms with van der Waals surface area (Å²) >= 11 is 0. The molecule has 3 unspecified atom stereocenters. The Labute approximate surface area is 168 Å². The van der Waals surface area contributed by atoms with Crippen molar-refractivity contribution in [3.63, 3.8) is 0 Å². The van der Waals surface area contributed by atoms with Crippen molar-refractivity contribution in [3.05, 3.63) is 71.8 Å². The first-order valence-corrected chi connectivity index (χ1v) is 11.3. The standard InChI is InChI=1S/C27H40/c1-4-25(27-19-13-8-14-20-27)16-10-6-5-9-15-23(2)21-22-24(3)26-17-11-7-12-18-26/h7-8,11-14,17-20,23-25H,4-6,9-10,15-16,21-22H2,1-3H3. The smallest absolute Gasteiger partial charge is 0.0165 e. The minimum absolute atomic E-state index is 0.692. The van der Waals surface area contributed by atoms with Gasteiger partial charge in [0.05, 0.1) is 0 Å². The van der Waals surface area contributed by atoms with E-state index in [0.29, 0.717) is 5.92 Å². The SMILES string of the molecule is CCC(CCCCCCC(C)CCC(C)c1ccccc1)c1ccccc1. The van der Waals surface area contributed by atoms with Gasteiger partial charge in [0.2, 0.25) is 0 Å². The van der Waals surface area contributed by atoms with Crippen LogP contribution in [-0.2, 0) is 0 Å². The molecule has 0 aromatic heterocycles. The van der Waals surface area contributed by atoms with Gasteiger partial charge in [0.1, 0.15) is 0 Å². The van der Waals surface area contributed by atoms with Crippen molar-refractivity contribution in [1.29, 1.82) is 0 Å². The van der Waals surface area contributed by atoms with Crippen LogP contribution in [0.15, 0.2) is 60.7 Å². The summed E-state index contributed by atoms with van der Waals surface area (Å²) in [6.45, 7) is 7.15. The molecule has 2 aromatic carbocycles. The van der Waals surface area contributed by atoms with Crippen LogP contribution in [0.5, 0.6) is 0 Å². The molecular weight excluding hydrogens is 324 g/mol. The Kier molecular flexibility index (Phi) is 10.3.